The van der Waals surface area contributed by atoms with Crippen LogP contribution in [0.25, 0.3) is 10.1 Å². The first-order valence-corrected chi connectivity index (χ1v) is 9.30. The van der Waals surface area contributed by atoms with Gasteiger partial charge in [-0.05, 0) is 30.4 Å². The summed E-state index contributed by atoms with van der Waals surface area (Å²) >= 11 is 1.31. The van der Waals surface area contributed by atoms with Crippen molar-refractivity contribution in [2.75, 3.05) is 12.0 Å². The summed E-state index contributed by atoms with van der Waals surface area (Å²) in [4.78, 5) is 11.8. The number of hydrogen-bond acceptors (Lipinski definition) is 4. The highest BCUT2D eigenvalue weighted by molar-refractivity contribution is 7.84. The molecule has 2 aromatic rings. The molecule has 0 aliphatic heterocycles. The van der Waals surface area contributed by atoms with Gasteiger partial charge >= 0.3 is 5.97 Å². The number of hydrogen-bond donors (Lipinski definition) is 2. The van der Waals surface area contributed by atoms with Gasteiger partial charge in [-0.25, -0.2) is 4.79 Å². The Balaban J connectivity index is 2.15. The minimum absolute atomic E-state index is 0.203. The zero-order valence-electron chi connectivity index (χ0n) is 12.1. The van der Waals surface area contributed by atoms with E-state index in [-0.39, 0.29) is 6.04 Å². The van der Waals surface area contributed by atoms with Crippen molar-refractivity contribution in [3.63, 3.8) is 0 Å². The lowest BCUT2D eigenvalue weighted by Crippen LogP contribution is -2.27. The highest BCUT2D eigenvalue weighted by Crippen LogP contribution is 2.31. The fourth-order valence-corrected chi connectivity index (χ4v) is 3.91. The zero-order valence-corrected chi connectivity index (χ0v) is 13.7. The lowest BCUT2D eigenvalue weighted by atomic mass is 10.1. The predicted octanol–water partition coefficient (Wildman–Crippen LogP) is 2.85. The van der Waals surface area contributed by atoms with Crippen molar-refractivity contribution in [3.05, 3.63) is 34.7 Å². The van der Waals surface area contributed by atoms with Gasteiger partial charge in [0.25, 0.3) is 0 Å². The smallest absolute Gasteiger partial charge is 0.346 e. The third-order valence-electron chi connectivity index (χ3n) is 3.36. The summed E-state index contributed by atoms with van der Waals surface area (Å²) in [6.07, 6.45) is 2.51. The van der Waals surface area contributed by atoms with Gasteiger partial charge in [0.2, 0.25) is 0 Å². The molecule has 0 saturated carbocycles. The molecule has 2 atom stereocenters. The number of benzene rings is 1. The van der Waals surface area contributed by atoms with Crippen LogP contribution in [-0.4, -0.2) is 33.3 Å². The highest BCUT2D eigenvalue weighted by Gasteiger charge is 2.17. The fraction of sp³-hybridized carbons (Fsp3) is 0.400. The van der Waals surface area contributed by atoms with Crippen LogP contribution in [0.4, 0.5) is 0 Å². The molecule has 1 aromatic heterocycles. The van der Waals surface area contributed by atoms with E-state index in [9.17, 15) is 14.1 Å². The maximum atomic E-state index is 11.4. The van der Waals surface area contributed by atoms with Gasteiger partial charge in [-0.1, -0.05) is 18.2 Å². The Labute approximate surface area is 130 Å². The molecule has 2 rings (SSSR count). The molecular weight excluding hydrogens is 306 g/mol. The van der Waals surface area contributed by atoms with Crippen molar-refractivity contribution in [1.29, 1.82) is 0 Å². The van der Waals surface area contributed by atoms with Gasteiger partial charge < -0.3 is 10.4 Å². The number of carbonyl (C=O) groups is 1. The average Bonchev–Trinajstić information content (AvgIpc) is 2.82. The first-order valence-electron chi connectivity index (χ1n) is 6.76. The van der Waals surface area contributed by atoms with Gasteiger partial charge in [0.15, 0.2) is 0 Å². The standard InChI is InChI=1S/C15H19NO3S2/c1-10(7-8-21(2)19)16-9-12-11-5-3-4-6-13(11)20-14(12)15(17)18/h3-6,10,16H,7-9H2,1-2H3,(H,17,18). The molecule has 21 heavy (non-hydrogen) atoms. The van der Waals surface area contributed by atoms with Gasteiger partial charge in [-0.2, -0.15) is 0 Å². The number of aromatic carboxylic acids is 1. The van der Waals surface area contributed by atoms with E-state index in [1.807, 2.05) is 31.2 Å². The van der Waals surface area contributed by atoms with Gasteiger partial charge in [0.05, 0.1) is 0 Å². The van der Waals surface area contributed by atoms with E-state index in [2.05, 4.69) is 5.32 Å². The van der Waals surface area contributed by atoms with E-state index >= 15 is 0 Å². The first-order chi connectivity index (χ1) is 9.99. The molecule has 0 amide bonds. The molecule has 0 spiro atoms. The molecule has 0 aliphatic rings. The summed E-state index contributed by atoms with van der Waals surface area (Å²) < 4.78 is 12.1. The third kappa shape index (κ3) is 4.12. The Morgan fingerprint density at radius 2 is 2.14 bits per heavy atom. The Bertz CT molecular complexity index is 666. The lowest BCUT2D eigenvalue weighted by Gasteiger charge is -2.13. The molecule has 6 heteroatoms. The molecule has 0 fully saturated rings. The summed E-state index contributed by atoms with van der Waals surface area (Å²) in [5, 5.41) is 13.7. The summed E-state index contributed by atoms with van der Waals surface area (Å²) in [5.74, 6) is -0.222. The quantitative estimate of drug-likeness (QED) is 0.821. The molecule has 114 valence electrons. The Kier molecular flexibility index (Phi) is 5.50. The SMILES string of the molecule is CC(CCS(C)=O)NCc1c(C(=O)O)sc2ccccc12. The van der Waals surface area contributed by atoms with Crippen molar-refractivity contribution in [1.82, 2.24) is 5.32 Å². The minimum atomic E-state index is -0.879. The van der Waals surface area contributed by atoms with Crippen LogP contribution in [0, 0.1) is 0 Å². The van der Waals surface area contributed by atoms with Gasteiger partial charge in [0.1, 0.15) is 4.88 Å². The van der Waals surface area contributed by atoms with E-state index < -0.39 is 16.8 Å². The molecule has 4 nitrogen and oxygen atoms in total. The van der Waals surface area contributed by atoms with Crippen LogP contribution in [-0.2, 0) is 17.3 Å². The molecule has 2 N–H and O–H groups in total. The minimum Gasteiger partial charge on any atom is -0.477 e. The summed E-state index contributed by atoms with van der Waals surface area (Å²) in [6, 6.07) is 7.95. The van der Waals surface area contributed by atoms with Crippen molar-refractivity contribution in [3.8, 4) is 0 Å². The van der Waals surface area contributed by atoms with Crippen molar-refractivity contribution >= 4 is 38.2 Å². The van der Waals surface area contributed by atoms with Gasteiger partial charge in [-0.15, -0.1) is 11.3 Å². The van der Waals surface area contributed by atoms with Crippen molar-refractivity contribution in [2.24, 2.45) is 0 Å². The Morgan fingerprint density at radius 3 is 2.81 bits per heavy atom. The molecule has 0 bridgehead atoms. The average molecular weight is 325 g/mol. The molecule has 2 unspecified atom stereocenters. The van der Waals surface area contributed by atoms with E-state index in [4.69, 9.17) is 0 Å². The maximum absolute atomic E-state index is 11.4. The van der Waals surface area contributed by atoms with Crippen LogP contribution < -0.4 is 5.32 Å². The molecule has 0 saturated heterocycles. The van der Waals surface area contributed by atoms with E-state index in [0.717, 1.165) is 22.1 Å². The monoisotopic (exact) mass is 325 g/mol. The van der Waals surface area contributed by atoms with Gasteiger partial charge in [0, 0.05) is 40.1 Å². The summed E-state index contributed by atoms with van der Waals surface area (Å²) in [7, 11) is -0.792. The van der Waals surface area contributed by atoms with E-state index in [1.165, 1.54) is 11.3 Å². The van der Waals surface area contributed by atoms with Crippen LogP contribution in [0.2, 0.25) is 0 Å². The number of thiophene rings is 1. The van der Waals surface area contributed by atoms with E-state index in [1.54, 1.807) is 6.26 Å². The number of fused-ring (bicyclic) bond motifs is 1. The highest BCUT2D eigenvalue weighted by atomic mass is 32.2. The van der Waals surface area contributed by atoms with Crippen molar-refractivity contribution < 1.29 is 14.1 Å². The molecular formula is C15H19NO3S2. The first kappa shape index (κ1) is 16.1. The molecule has 1 aromatic carbocycles. The fourth-order valence-electron chi connectivity index (χ4n) is 2.17. The second-order valence-corrected chi connectivity index (χ2v) is 7.67. The maximum Gasteiger partial charge on any atom is 0.346 e. The Morgan fingerprint density at radius 1 is 1.43 bits per heavy atom. The number of rotatable bonds is 7. The van der Waals surface area contributed by atoms with Crippen LogP contribution in [0.1, 0.15) is 28.6 Å². The predicted molar refractivity (Wildman–Crippen MR) is 88.6 cm³/mol. The number of carboxylic acids is 1. The molecule has 1 heterocycles. The van der Waals surface area contributed by atoms with Crippen LogP contribution in [0.5, 0.6) is 0 Å². The normalized spacial score (nSPS) is 14.2. The zero-order chi connectivity index (χ0) is 15.4. The van der Waals surface area contributed by atoms with Crippen LogP contribution >= 0.6 is 11.3 Å². The Hall–Kier alpha value is -1.24. The summed E-state index contributed by atoms with van der Waals surface area (Å²) in [6.45, 7) is 2.55. The molecule has 0 radical (unpaired) electrons. The van der Waals surface area contributed by atoms with Gasteiger partial charge in [-0.3, -0.25) is 4.21 Å². The number of carboxylic acid groups (broad SMARTS) is 1. The molecule has 0 aliphatic carbocycles. The van der Waals surface area contributed by atoms with Crippen molar-refractivity contribution in [2.45, 2.75) is 25.9 Å². The second kappa shape index (κ2) is 7.15. The lowest BCUT2D eigenvalue weighted by molar-refractivity contribution is 0.0701. The largest absolute Gasteiger partial charge is 0.477 e. The topological polar surface area (TPSA) is 66.4 Å². The number of nitrogens with one attached hydrogen (secondary N) is 1. The summed E-state index contributed by atoms with van der Waals surface area (Å²) in [5.41, 5.74) is 0.840. The van der Waals surface area contributed by atoms with Crippen LogP contribution in [0.3, 0.4) is 0 Å². The third-order valence-corrected chi connectivity index (χ3v) is 5.37. The second-order valence-electron chi connectivity index (χ2n) is 5.06. The van der Waals surface area contributed by atoms with Crippen LogP contribution in [0.15, 0.2) is 24.3 Å². The van der Waals surface area contributed by atoms with E-state index in [0.29, 0.717) is 17.2 Å².